The van der Waals surface area contributed by atoms with Crippen LogP contribution < -0.4 is 10.1 Å². The van der Waals surface area contributed by atoms with Gasteiger partial charge < -0.3 is 10.1 Å². The van der Waals surface area contributed by atoms with Crippen LogP contribution in [0.1, 0.15) is 19.8 Å². The molecule has 0 aromatic heterocycles. The summed E-state index contributed by atoms with van der Waals surface area (Å²) in [5.41, 5.74) is 0.802. The van der Waals surface area contributed by atoms with Crippen LogP contribution >= 0.6 is 0 Å². The van der Waals surface area contributed by atoms with Crippen molar-refractivity contribution in [3.05, 3.63) is 36.9 Å². The smallest absolute Gasteiger partial charge is 0.238 e. The first-order chi connectivity index (χ1) is 10.2. The highest BCUT2D eigenvalue weighted by Gasteiger charge is 2.17. The lowest BCUT2D eigenvalue weighted by Crippen LogP contribution is -2.38. The first kappa shape index (κ1) is 15.6. The lowest BCUT2D eigenvalue weighted by molar-refractivity contribution is -0.117. The molecule has 1 saturated heterocycles. The van der Waals surface area contributed by atoms with Gasteiger partial charge in [-0.15, -0.1) is 0 Å². The van der Waals surface area contributed by atoms with Gasteiger partial charge in [0, 0.05) is 5.69 Å². The molecule has 21 heavy (non-hydrogen) atoms. The Labute approximate surface area is 126 Å². The molecule has 1 heterocycles. The SMILES string of the molecule is C=CCOc1ccc(NC(=O)CN2CCC(C)CC2)cc1. The number of nitrogens with one attached hydrogen (secondary N) is 1. The monoisotopic (exact) mass is 288 g/mol. The third-order valence-electron chi connectivity index (χ3n) is 3.75. The van der Waals surface area contributed by atoms with Gasteiger partial charge in [0.1, 0.15) is 12.4 Å². The molecule has 1 aromatic carbocycles. The predicted molar refractivity (Wildman–Crippen MR) is 85.6 cm³/mol. The van der Waals surface area contributed by atoms with Crippen molar-refractivity contribution in [2.24, 2.45) is 5.92 Å². The normalized spacial score (nSPS) is 16.4. The Morgan fingerprint density at radius 3 is 2.67 bits per heavy atom. The number of hydrogen-bond donors (Lipinski definition) is 1. The highest BCUT2D eigenvalue weighted by Crippen LogP contribution is 2.17. The number of carbonyl (C=O) groups excluding carboxylic acids is 1. The quantitative estimate of drug-likeness (QED) is 0.818. The van der Waals surface area contributed by atoms with E-state index in [9.17, 15) is 4.79 Å². The maximum Gasteiger partial charge on any atom is 0.238 e. The highest BCUT2D eigenvalue weighted by molar-refractivity contribution is 5.92. The number of nitrogens with zero attached hydrogens (tertiary/aromatic N) is 1. The van der Waals surface area contributed by atoms with E-state index in [2.05, 4.69) is 23.7 Å². The molecule has 1 aromatic rings. The van der Waals surface area contributed by atoms with Gasteiger partial charge in [0.05, 0.1) is 6.54 Å². The zero-order valence-electron chi connectivity index (χ0n) is 12.7. The molecule has 1 N–H and O–H groups in total. The minimum Gasteiger partial charge on any atom is -0.490 e. The van der Waals surface area contributed by atoms with Crippen LogP contribution in [0.5, 0.6) is 5.75 Å². The van der Waals surface area contributed by atoms with Gasteiger partial charge in [-0.05, 0) is 56.1 Å². The lowest BCUT2D eigenvalue weighted by Gasteiger charge is -2.29. The average molecular weight is 288 g/mol. The van der Waals surface area contributed by atoms with Crippen LogP contribution in [0.2, 0.25) is 0 Å². The number of rotatable bonds is 6. The first-order valence-electron chi connectivity index (χ1n) is 7.53. The van der Waals surface area contributed by atoms with E-state index < -0.39 is 0 Å². The van der Waals surface area contributed by atoms with E-state index in [1.54, 1.807) is 6.08 Å². The van der Waals surface area contributed by atoms with Crippen LogP contribution in [0.15, 0.2) is 36.9 Å². The summed E-state index contributed by atoms with van der Waals surface area (Å²) in [6.07, 6.45) is 4.07. The molecule has 1 aliphatic heterocycles. The second-order valence-electron chi connectivity index (χ2n) is 5.63. The summed E-state index contributed by atoms with van der Waals surface area (Å²) >= 11 is 0. The fourth-order valence-electron chi connectivity index (χ4n) is 2.41. The highest BCUT2D eigenvalue weighted by atomic mass is 16.5. The summed E-state index contributed by atoms with van der Waals surface area (Å²) in [7, 11) is 0. The fourth-order valence-corrected chi connectivity index (χ4v) is 2.41. The van der Waals surface area contributed by atoms with E-state index in [1.807, 2.05) is 24.3 Å². The zero-order valence-corrected chi connectivity index (χ0v) is 12.7. The van der Waals surface area contributed by atoms with Crippen molar-refractivity contribution in [1.29, 1.82) is 0 Å². The molecule has 114 valence electrons. The molecule has 1 amide bonds. The minimum atomic E-state index is 0.0457. The molecular formula is C17H24N2O2. The fraction of sp³-hybridized carbons (Fsp3) is 0.471. The van der Waals surface area contributed by atoms with Crippen molar-refractivity contribution in [2.45, 2.75) is 19.8 Å². The molecule has 0 atom stereocenters. The third-order valence-corrected chi connectivity index (χ3v) is 3.75. The van der Waals surface area contributed by atoms with E-state index in [1.165, 1.54) is 12.8 Å². The Bertz CT molecular complexity index is 462. The van der Waals surface area contributed by atoms with Crippen molar-refractivity contribution in [2.75, 3.05) is 31.6 Å². The third kappa shape index (κ3) is 5.23. The Kier molecular flexibility index (Phi) is 5.81. The van der Waals surface area contributed by atoms with Crippen molar-refractivity contribution < 1.29 is 9.53 Å². The molecule has 2 rings (SSSR count). The van der Waals surface area contributed by atoms with Crippen LogP contribution in [0.4, 0.5) is 5.69 Å². The van der Waals surface area contributed by atoms with Gasteiger partial charge >= 0.3 is 0 Å². The van der Waals surface area contributed by atoms with Gasteiger partial charge in [0.25, 0.3) is 0 Å². The number of anilines is 1. The van der Waals surface area contributed by atoms with Crippen molar-refractivity contribution in [3.8, 4) is 5.75 Å². The molecule has 0 aliphatic carbocycles. The summed E-state index contributed by atoms with van der Waals surface area (Å²) < 4.78 is 5.41. The van der Waals surface area contributed by atoms with Crippen molar-refractivity contribution in [1.82, 2.24) is 4.90 Å². The summed E-state index contributed by atoms with van der Waals surface area (Å²) in [5.74, 6) is 1.61. The van der Waals surface area contributed by atoms with Crippen LogP contribution in [-0.4, -0.2) is 37.0 Å². The van der Waals surface area contributed by atoms with Gasteiger partial charge in [-0.2, -0.15) is 0 Å². The number of ether oxygens (including phenoxy) is 1. The van der Waals surface area contributed by atoms with E-state index in [0.717, 1.165) is 30.4 Å². The topological polar surface area (TPSA) is 41.6 Å². The van der Waals surface area contributed by atoms with Gasteiger partial charge in [0.15, 0.2) is 0 Å². The lowest BCUT2D eigenvalue weighted by atomic mass is 9.99. The predicted octanol–water partition coefficient (Wildman–Crippen LogP) is 2.92. The van der Waals surface area contributed by atoms with Crippen molar-refractivity contribution in [3.63, 3.8) is 0 Å². The number of hydrogen-bond acceptors (Lipinski definition) is 3. The van der Waals surface area contributed by atoms with Crippen molar-refractivity contribution >= 4 is 11.6 Å². The van der Waals surface area contributed by atoms with Gasteiger partial charge in [-0.1, -0.05) is 19.6 Å². The largest absolute Gasteiger partial charge is 0.490 e. The standard InChI is InChI=1S/C17H24N2O2/c1-3-12-21-16-6-4-15(5-7-16)18-17(20)13-19-10-8-14(2)9-11-19/h3-7,14H,1,8-13H2,2H3,(H,18,20). The summed E-state index contributed by atoms with van der Waals surface area (Å²) in [6, 6.07) is 7.41. The second-order valence-corrected chi connectivity index (χ2v) is 5.63. The van der Waals surface area contributed by atoms with Crippen LogP contribution in [-0.2, 0) is 4.79 Å². The Morgan fingerprint density at radius 1 is 1.38 bits per heavy atom. The first-order valence-corrected chi connectivity index (χ1v) is 7.53. The molecule has 0 radical (unpaired) electrons. The molecule has 1 aliphatic rings. The number of amides is 1. The molecular weight excluding hydrogens is 264 g/mol. The molecule has 0 saturated carbocycles. The number of benzene rings is 1. The summed E-state index contributed by atoms with van der Waals surface area (Å²) in [6.45, 7) is 8.87. The summed E-state index contributed by atoms with van der Waals surface area (Å²) in [4.78, 5) is 14.2. The van der Waals surface area contributed by atoms with Gasteiger partial charge in [-0.25, -0.2) is 0 Å². The molecule has 4 nitrogen and oxygen atoms in total. The maximum atomic E-state index is 12.0. The number of piperidine rings is 1. The van der Waals surface area contributed by atoms with E-state index in [4.69, 9.17) is 4.74 Å². The molecule has 0 unspecified atom stereocenters. The molecule has 0 bridgehead atoms. The van der Waals surface area contributed by atoms with E-state index in [-0.39, 0.29) is 5.91 Å². The maximum absolute atomic E-state index is 12.0. The average Bonchev–Trinajstić information content (AvgIpc) is 2.49. The summed E-state index contributed by atoms with van der Waals surface area (Å²) in [5, 5.41) is 2.93. The number of carbonyl (C=O) groups is 1. The Hall–Kier alpha value is -1.81. The van der Waals surface area contributed by atoms with E-state index in [0.29, 0.717) is 13.2 Å². The zero-order chi connectivity index (χ0) is 15.1. The molecule has 1 fully saturated rings. The minimum absolute atomic E-state index is 0.0457. The van der Waals surface area contributed by atoms with Crippen LogP contribution in [0.3, 0.4) is 0 Å². The molecule has 4 heteroatoms. The second kappa shape index (κ2) is 7.84. The van der Waals surface area contributed by atoms with Crippen LogP contribution in [0.25, 0.3) is 0 Å². The Balaban J connectivity index is 1.78. The van der Waals surface area contributed by atoms with Gasteiger partial charge in [-0.3, -0.25) is 9.69 Å². The Morgan fingerprint density at radius 2 is 2.05 bits per heavy atom. The molecule has 0 spiro atoms. The van der Waals surface area contributed by atoms with Crippen LogP contribution in [0, 0.1) is 5.92 Å². The van der Waals surface area contributed by atoms with Gasteiger partial charge in [0.2, 0.25) is 5.91 Å². The van der Waals surface area contributed by atoms with E-state index >= 15 is 0 Å². The number of likely N-dealkylation sites (tertiary alicyclic amines) is 1.